The third-order valence-electron chi connectivity index (χ3n) is 10.2. The minimum Gasteiger partial charge on any atom is -0.364 e. The number of rotatable bonds is 8. The van der Waals surface area contributed by atoms with E-state index < -0.39 is 0 Å². The van der Waals surface area contributed by atoms with Crippen LogP contribution in [-0.2, 0) is 13.1 Å². The Morgan fingerprint density at radius 3 is 1.88 bits per heavy atom. The van der Waals surface area contributed by atoms with Crippen LogP contribution < -0.4 is 4.90 Å². The molecule has 0 spiro atoms. The molecule has 0 aliphatic carbocycles. The van der Waals surface area contributed by atoms with Gasteiger partial charge < -0.3 is 4.90 Å². The lowest BCUT2D eigenvalue weighted by atomic mass is 9.96. The van der Waals surface area contributed by atoms with Gasteiger partial charge in [0.15, 0.2) is 0 Å². The van der Waals surface area contributed by atoms with E-state index >= 15 is 0 Å². The molecule has 3 aromatic carbocycles. The largest absolute Gasteiger partial charge is 0.364 e. The molecule has 260 valence electrons. The van der Waals surface area contributed by atoms with Crippen molar-refractivity contribution in [1.29, 1.82) is 0 Å². The zero-order chi connectivity index (χ0) is 32.4. The third kappa shape index (κ3) is 9.43. The Bertz CT molecular complexity index is 1820. The van der Waals surface area contributed by atoms with Crippen LogP contribution in [0.5, 0.6) is 0 Å². The van der Waals surface area contributed by atoms with Gasteiger partial charge in [0.05, 0.1) is 5.69 Å². The summed E-state index contributed by atoms with van der Waals surface area (Å²) in [7, 11) is 0. The molecule has 1 fully saturated rings. The molecule has 1 aliphatic rings. The van der Waals surface area contributed by atoms with Crippen LogP contribution in [0.1, 0.15) is 62.9 Å². The van der Waals surface area contributed by atoms with Gasteiger partial charge in [-0.2, -0.15) is 0 Å². The molecule has 0 amide bonds. The van der Waals surface area contributed by atoms with Crippen molar-refractivity contribution in [1.82, 2.24) is 14.9 Å². The first-order valence-electron chi connectivity index (χ1n) is 16.8. The van der Waals surface area contributed by atoms with E-state index in [9.17, 15) is 0 Å². The van der Waals surface area contributed by atoms with E-state index in [1.165, 1.54) is 72.4 Å². The molecule has 1 saturated heterocycles. The molecule has 5 aromatic rings. The molecule has 0 unspecified atom stereocenters. The standard InChI is InChI=1S/C42H48N4.3ClH/c1-28-9-8-10-41(17-28)46(27-35-11-14-44-42(23-35)38-20-31(4)34(7)32(5)21-38)40-12-15-45(16-13-40)26-36-22-39(25-43-24-36)37-18-29(2)33(6)30(3)19-37;;;/h8-11,14,17-25,40H,12-13,15-16,26-27H2,1-7H3;3*1H. The average Bonchev–Trinajstić information content (AvgIpc) is 3.05. The second kappa shape index (κ2) is 17.5. The first-order chi connectivity index (χ1) is 22.1. The number of nitrogens with zero attached hydrogens (tertiary/aromatic N) is 4. The number of hydrogen-bond donors (Lipinski definition) is 0. The highest BCUT2D eigenvalue weighted by molar-refractivity contribution is 5.86. The van der Waals surface area contributed by atoms with Gasteiger partial charge in [-0.05, 0) is 159 Å². The van der Waals surface area contributed by atoms with Gasteiger partial charge in [0.25, 0.3) is 0 Å². The van der Waals surface area contributed by atoms with Gasteiger partial charge >= 0.3 is 0 Å². The Labute approximate surface area is 312 Å². The summed E-state index contributed by atoms with van der Waals surface area (Å²) in [6.07, 6.45) is 8.29. The summed E-state index contributed by atoms with van der Waals surface area (Å²) >= 11 is 0. The van der Waals surface area contributed by atoms with Crippen molar-refractivity contribution in [3.8, 4) is 22.4 Å². The van der Waals surface area contributed by atoms with Gasteiger partial charge in [-0.1, -0.05) is 24.3 Å². The summed E-state index contributed by atoms with van der Waals surface area (Å²) in [4.78, 5) is 14.7. The first kappa shape index (κ1) is 40.0. The third-order valence-corrected chi connectivity index (χ3v) is 10.2. The van der Waals surface area contributed by atoms with E-state index in [4.69, 9.17) is 4.98 Å². The molecule has 6 rings (SSSR count). The van der Waals surface area contributed by atoms with Crippen LogP contribution in [-0.4, -0.2) is 34.0 Å². The summed E-state index contributed by atoms with van der Waals surface area (Å²) < 4.78 is 0. The number of benzene rings is 3. The van der Waals surface area contributed by atoms with Crippen molar-refractivity contribution in [2.24, 2.45) is 0 Å². The number of likely N-dealkylation sites (tertiary alicyclic amines) is 1. The number of anilines is 1. The number of hydrogen-bond acceptors (Lipinski definition) is 4. The Balaban J connectivity index is 0.00000217. The fourth-order valence-electron chi connectivity index (χ4n) is 6.93. The van der Waals surface area contributed by atoms with Crippen LogP contribution >= 0.6 is 37.2 Å². The van der Waals surface area contributed by atoms with Crippen molar-refractivity contribution >= 4 is 42.9 Å². The Morgan fingerprint density at radius 2 is 1.27 bits per heavy atom. The highest BCUT2D eigenvalue weighted by Crippen LogP contribution is 2.30. The SMILES string of the molecule is Cc1cccc(N(Cc2ccnc(-c3cc(C)c(C)c(C)c3)c2)C2CCN(Cc3cncc(-c4cc(C)c(C)c(C)c4)c3)CC2)c1.Cl.Cl.Cl. The molecule has 7 heteroatoms. The van der Waals surface area contributed by atoms with E-state index in [1.807, 2.05) is 18.6 Å². The quantitative estimate of drug-likeness (QED) is 0.160. The smallest absolute Gasteiger partial charge is 0.0705 e. The number of pyridine rings is 2. The summed E-state index contributed by atoms with van der Waals surface area (Å²) in [5.41, 5.74) is 17.9. The van der Waals surface area contributed by atoms with Crippen LogP contribution in [0.3, 0.4) is 0 Å². The second-order valence-corrected chi connectivity index (χ2v) is 13.6. The lowest BCUT2D eigenvalue weighted by Crippen LogP contribution is -2.44. The zero-order valence-corrected chi connectivity index (χ0v) is 32.4. The fraction of sp³-hybridized carbons (Fsp3) is 0.333. The van der Waals surface area contributed by atoms with Gasteiger partial charge in [-0.15, -0.1) is 37.2 Å². The maximum Gasteiger partial charge on any atom is 0.0705 e. The van der Waals surface area contributed by atoms with Crippen molar-refractivity contribution < 1.29 is 0 Å². The summed E-state index contributed by atoms with van der Waals surface area (Å²) in [6.45, 7) is 19.3. The molecule has 0 saturated carbocycles. The van der Waals surface area contributed by atoms with E-state index in [2.05, 4.69) is 130 Å². The summed E-state index contributed by atoms with van der Waals surface area (Å²) in [5, 5.41) is 0. The minimum absolute atomic E-state index is 0. The predicted octanol–water partition coefficient (Wildman–Crippen LogP) is 10.9. The Hall–Kier alpha value is -3.41. The maximum atomic E-state index is 4.79. The lowest BCUT2D eigenvalue weighted by Gasteiger charge is -2.40. The fourth-order valence-corrected chi connectivity index (χ4v) is 6.93. The van der Waals surface area contributed by atoms with E-state index in [-0.39, 0.29) is 37.2 Å². The van der Waals surface area contributed by atoms with E-state index in [1.54, 1.807) is 0 Å². The molecule has 1 aliphatic heterocycles. The highest BCUT2D eigenvalue weighted by Gasteiger charge is 2.26. The van der Waals surface area contributed by atoms with Gasteiger partial charge in [0, 0.05) is 67.6 Å². The topological polar surface area (TPSA) is 32.3 Å². The zero-order valence-electron chi connectivity index (χ0n) is 29.9. The van der Waals surface area contributed by atoms with Crippen molar-refractivity contribution in [2.45, 2.75) is 80.4 Å². The molecular weight excluding hydrogens is 667 g/mol. The van der Waals surface area contributed by atoms with E-state index in [0.717, 1.165) is 44.7 Å². The number of piperidine rings is 1. The highest BCUT2D eigenvalue weighted by atomic mass is 35.5. The van der Waals surface area contributed by atoms with E-state index in [0.29, 0.717) is 6.04 Å². The molecule has 0 atom stereocenters. The number of aryl methyl sites for hydroxylation is 5. The molecule has 0 radical (unpaired) electrons. The van der Waals surface area contributed by atoms with Crippen molar-refractivity contribution in [3.05, 3.63) is 135 Å². The molecule has 3 heterocycles. The predicted molar refractivity (Wildman–Crippen MR) is 215 cm³/mol. The molecule has 4 nitrogen and oxygen atoms in total. The van der Waals surface area contributed by atoms with Gasteiger partial charge in [0.2, 0.25) is 0 Å². The van der Waals surface area contributed by atoms with Crippen LogP contribution in [0.4, 0.5) is 5.69 Å². The molecular formula is C42H51Cl3N4. The Kier molecular flexibility index (Phi) is 14.3. The molecule has 49 heavy (non-hydrogen) atoms. The minimum atomic E-state index is 0. The van der Waals surface area contributed by atoms with Crippen molar-refractivity contribution in [2.75, 3.05) is 18.0 Å². The van der Waals surface area contributed by atoms with Gasteiger partial charge in [0.1, 0.15) is 0 Å². The number of halogens is 3. The molecule has 0 bridgehead atoms. The van der Waals surface area contributed by atoms with Crippen LogP contribution in [0.15, 0.2) is 85.3 Å². The molecule has 0 N–H and O–H groups in total. The van der Waals surface area contributed by atoms with Crippen LogP contribution in [0, 0.1) is 48.5 Å². The summed E-state index contributed by atoms with van der Waals surface area (Å²) in [5.74, 6) is 0. The van der Waals surface area contributed by atoms with Crippen LogP contribution in [0.2, 0.25) is 0 Å². The average molecular weight is 718 g/mol. The normalized spacial score (nSPS) is 13.2. The molecule has 2 aromatic heterocycles. The maximum absolute atomic E-state index is 4.79. The number of aromatic nitrogens is 2. The van der Waals surface area contributed by atoms with Gasteiger partial charge in [-0.3, -0.25) is 14.9 Å². The monoisotopic (exact) mass is 716 g/mol. The van der Waals surface area contributed by atoms with Crippen LogP contribution in [0.25, 0.3) is 22.4 Å². The van der Waals surface area contributed by atoms with Crippen molar-refractivity contribution in [3.63, 3.8) is 0 Å². The van der Waals surface area contributed by atoms with Gasteiger partial charge in [-0.25, -0.2) is 0 Å². The first-order valence-corrected chi connectivity index (χ1v) is 16.8. The Morgan fingerprint density at radius 1 is 0.653 bits per heavy atom. The lowest BCUT2D eigenvalue weighted by molar-refractivity contribution is 0.200. The summed E-state index contributed by atoms with van der Waals surface area (Å²) in [6, 6.07) is 25.4. The second-order valence-electron chi connectivity index (χ2n) is 13.6.